The average Bonchev–Trinajstić information content (AvgIpc) is 2.40. The molecule has 0 radical (unpaired) electrons. The molecule has 0 atom stereocenters. The van der Waals surface area contributed by atoms with E-state index in [1.807, 2.05) is 4.72 Å². The molecule has 8 heteroatoms. The zero-order valence-corrected chi connectivity index (χ0v) is 11.0. The van der Waals surface area contributed by atoms with Crippen molar-refractivity contribution in [2.24, 2.45) is 5.73 Å². The Balaban J connectivity index is 2.39. The summed E-state index contributed by atoms with van der Waals surface area (Å²) in [4.78, 5) is 2.91. The van der Waals surface area contributed by atoms with Crippen LogP contribution in [-0.4, -0.2) is 13.4 Å². The number of hydrogen-bond donors (Lipinski definition) is 2. The average molecular weight is 299 g/mol. The standard InChI is InChI=1S/C12H11F2N3O2S/c13-9-5-8(6-15)1-2-12(9)20(18,19)17-11-3-4-16-7-10(11)14/h1-5,7H,6,15H2,(H,16,17). The van der Waals surface area contributed by atoms with Crippen molar-refractivity contribution in [3.8, 4) is 0 Å². The number of benzene rings is 1. The van der Waals surface area contributed by atoms with Crippen molar-refractivity contribution in [2.75, 3.05) is 4.72 Å². The largest absolute Gasteiger partial charge is 0.326 e. The number of hydrogen-bond acceptors (Lipinski definition) is 4. The molecule has 2 rings (SSSR count). The monoisotopic (exact) mass is 299 g/mol. The number of anilines is 1. The van der Waals surface area contributed by atoms with Gasteiger partial charge in [-0.15, -0.1) is 0 Å². The summed E-state index contributed by atoms with van der Waals surface area (Å²) in [6.07, 6.45) is 2.07. The van der Waals surface area contributed by atoms with Crippen molar-refractivity contribution < 1.29 is 17.2 Å². The van der Waals surface area contributed by atoms with Gasteiger partial charge >= 0.3 is 0 Å². The summed E-state index contributed by atoms with van der Waals surface area (Å²) in [5.74, 6) is -1.80. The minimum Gasteiger partial charge on any atom is -0.326 e. The smallest absolute Gasteiger partial charge is 0.264 e. The topological polar surface area (TPSA) is 85.1 Å². The molecule has 5 nitrogen and oxygen atoms in total. The van der Waals surface area contributed by atoms with Gasteiger partial charge in [0.1, 0.15) is 10.7 Å². The van der Waals surface area contributed by atoms with Gasteiger partial charge < -0.3 is 5.73 Å². The maximum atomic E-state index is 13.8. The van der Waals surface area contributed by atoms with Crippen LogP contribution in [0.15, 0.2) is 41.6 Å². The summed E-state index contributed by atoms with van der Waals surface area (Å²) in [5, 5.41) is 0. The summed E-state index contributed by atoms with van der Waals surface area (Å²) in [7, 11) is -4.23. The van der Waals surface area contributed by atoms with E-state index in [0.29, 0.717) is 5.56 Å². The first-order chi connectivity index (χ1) is 9.44. The van der Waals surface area contributed by atoms with Gasteiger partial charge in [0.05, 0.1) is 11.9 Å². The molecule has 0 aliphatic carbocycles. The molecule has 20 heavy (non-hydrogen) atoms. The molecule has 0 bridgehead atoms. The number of aromatic nitrogens is 1. The lowest BCUT2D eigenvalue weighted by molar-refractivity contribution is 0.568. The van der Waals surface area contributed by atoms with Gasteiger partial charge in [-0.2, -0.15) is 0 Å². The highest BCUT2D eigenvalue weighted by Gasteiger charge is 2.20. The molecule has 0 saturated heterocycles. The molecular weight excluding hydrogens is 288 g/mol. The Bertz CT molecular complexity index is 735. The SMILES string of the molecule is NCc1ccc(S(=O)(=O)Nc2ccncc2F)c(F)c1. The van der Waals surface area contributed by atoms with Gasteiger partial charge in [-0.3, -0.25) is 9.71 Å². The van der Waals surface area contributed by atoms with E-state index in [2.05, 4.69) is 4.98 Å². The van der Waals surface area contributed by atoms with Gasteiger partial charge in [0.25, 0.3) is 10.0 Å². The quantitative estimate of drug-likeness (QED) is 0.898. The highest BCUT2D eigenvalue weighted by molar-refractivity contribution is 7.92. The highest BCUT2D eigenvalue weighted by atomic mass is 32.2. The molecule has 0 aliphatic rings. The lowest BCUT2D eigenvalue weighted by atomic mass is 10.2. The molecule has 2 aromatic rings. The normalized spacial score (nSPS) is 11.3. The second kappa shape index (κ2) is 5.51. The van der Waals surface area contributed by atoms with Crippen LogP contribution in [-0.2, 0) is 16.6 Å². The molecule has 0 fully saturated rings. The Morgan fingerprint density at radius 1 is 1.20 bits per heavy atom. The third-order valence-corrected chi connectivity index (χ3v) is 3.94. The van der Waals surface area contributed by atoms with E-state index in [9.17, 15) is 17.2 Å². The first kappa shape index (κ1) is 14.4. The van der Waals surface area contributed by atoms with Crippen LogP contribution < -0.4 is 10.5 Å². The Labute approximate surface area is 114 Å². The molecule has 0 saturated carbocycles. The second-order valence-corrected chi connectivity index (χ2v) is 5.58. The minimum atomic E-state index is -4.23. The predicted molar refractivity (Wildman–Crippen MR) is 69.3 cm³/mol. The van der Waals surface area contributed by atoms with E-state index in [1.165, 1.54) is 12.3 Å². The number of pyridine rings is 1. The molecular formula is C12H11F2N3O2S. The van der Waals surface area contributed by atoms with Gasteiger partial charge in [0, 0.05) is 12.7 Å². The Kier molecular flexibility index (Phi) is 3.96. The number of nitrogens with zero attached hydrogens (tertiary/aromatic N) is 1. The van der Waals surface area contributed by atoms with Crippen LogP contribution in [0, 0.1) is 11.6 Å². The number of sulfonamides is 1. The molecule has 1 aromatic heterocycles. The summed E-state index contributed by atoms with van der Waals surface area (Å²) < 4.78 is 53.1. The minimum absolute atomic E-state index is 0.0870. The van der Waals surface area contributed by atoms with Crippen molar-refractivity contribution >= 4 is 15.7 Å². The van der Waals surface area contributed by atoms with Crippen molar-refractivity contribution in [3.05, 3.63) is 53.9 Å². The van der Waals surface area contributed by atoms with Crippen LogP contribution in [0.2, 0.25) is 0 Å². The van der Waals surface area contributed by atoms with Crippen molar-refractivity contribution in [1.29, 1.82) is 0 Å². The van der Waals surface area contributed by atoms with E-state index < -0.39 is 26.6 Å². The lowest BCUT2D eigenvalue weighted by Gasteiger charge is -2.10. The third-order valence-electron chi connectivity index (χ3n) is 2.54. The Hall–Kier alpha value is -2.06. The van der Waals surface area contributed by atoms with E-state index in [4.69, 9.17) is 5.73 Å². The third kappa shape index (κ3) is 2.91. The predicted octanol–water partition coefficient (Wildman–Crippen LogP) is 1.62. The fourth-order valence-electron chi connectivity index (χ4n) is 1.55. The molecule has 0 amide bonds. The van der Waals surface area contributed by atoms with Crippen LogP contribution in [0.25, 0.3) is 0 Å². The Morgan fingerprint density at radius 3 is 2.55 bits per heavy atom. The number of rotatable bonds is 4. The molecule has 0 aliphatic heterocycles. The second-order valence-electron chi connectivity index (χ2n) is 3.93. The van der Waals surface area contributed by atoms with Crippen LogP contribution in [0.3, 0.4) is 0 Å². The molecule has 1 aromatic carbocycles. The summed E-state index contributed by atoms with van der Waals surface area (Å²) in [5.41, 5.74) is 5.48. The first-order valence-corrected chi connectivity index (χ1v) is 7.03. The van der Waals surface area contributed by atoms with E-state index in [1.54, 1.807) is 0 Å². The zero-order valence-electron chi connectivity index (χ0n) is 10.2. The maximum absolute atomic E-state index is 13.8. The first-order valence-electron chi connectivity index (χ1n) is 5.55. The van der Waals surface area contributed by atoms with Gasteiger partial charge in [0.2, 0.25) is 0 Å². The summed E-state index contributed by atoms with van der Waals surface area (Å²) in [6, 6.07) is 4.63. The Morgan fingerprint density at radius 2 is 1.95 bits per heavy atom. The molecule has 3 N–H and O–H groups in total. The zero-order chi connectivity index (χ0) is 14.8. The molecule has 106 valence electrons. The van der Waals surface area contributed by atoms with Gasteiger partial charge in [-0.1, -0.05) is 6.07 Å². The van der Waals surface area contributed by atoms with Crippen molar-refractivity contribution in [3.63, 3.8) is 0 Å². The molecule has 0 spiro atoms. The molecule has 0 unspecified atom stereocenters. The van der Waals surface area contributed by atoms with Crippen LogP contribution in [0.5, 0.6) is 0 Å². The van der Waals surface area contributed by atoms with E-state index in [0.717, 1.165) is 24.4 Å². The highest BCUT2D eigenvalue weighted by Crippen LogP contribution is 2.21. The van der Waals surface area contributed by atoms with Crippen LogP contribution in [0.1, 0.15) is 5.56 Å². The fraction of sp³-hybridized carbons (Fsp3) is 0.0833. The summed E-state index contributed by atoms with van der Waals surface area (Å²) in [6.45, 7) is 0.0870. The number of nitrogens with two attached hydrogens (primary N) is 1. The van der Waals surface area contributed by atoms with Gasteiger partial charge in [-0.25, -0.2) is 17.2 Å². The fourth-order valence-corrected chi connectivity index (χ4v) is 2.67. The lowest BCUT2D eigenvalue weighted by Crippen LogP contribution is -2.16. The van der Waals surface area contributed by atoms with Crippen LogP contribution in [0.4, 0.5) is 14.5 Å². The van der Waals surface area contributed by atoms with Gasteiger partial charge in [-0.05, 0) is 23.8 Å². The van der Waals surface area contributed by atoms with E-state index >= 15 is 0 Å². The summed E-state index contributed by atoms with van der Waals surface area (Å²) >= 11 is 0. The van der Waals surface area contributed by atoms with Crippen molar-refractivity contribution in [1.82, 2.24) is 4.98 Å². The van der Waals surface area contributed by atoms with Gasteiger partial charge in [0.15, 0.2) is 5.82 Å². The number of halogens is 2. The van der Waals surface area contributed by atoms with Crippen LogP contribution >= 0.6 is 0 Å². The molecule has 1 heterocycles. The van der Waals surface area contributed by atoms with Crippen molar-refractivity contribution in [2.45, 2.75) is 11.4 Å². The number of nitrogens with one attached hydrogen (secondary N) is 1. The van der Waals surface area contributed by atoms with E-state index in [-0.39, 0.29) is 12.2 Å². The maximum Gasteiger partial charge on any atom is 0.264 e.